The molecule has 0 aromatic heterocycles. The maximum Gasteiger partial charge on any atom is 0.226 e. The largest absolute Gasteiger partial charge is 0.394 e. The van der Waals surface area contributed by atoms with Gasteiger partial charge in [0.15, 0.2) is 5.79 Å². The molecule has 5 nitrogen and oxygen atoms in total. The Morgan fingerprint density at radius 1 is 1.26 bits per heavy atom. The first-order valence-electron chi connectivity index (χ1n) is 8.34. The van der Waals surface area contributed by atoms with Crippen molar-refractivity contribution in [3.63, 3.8) is 0 Å². The molecule has 1 amide bonds. The van der Waals surface area contributed by atoms with Crippen LogP contribution in [0.25, 0.3) is 0 Å². The number of benzene rings is 1. The quantitative estimate of drug-likeness (QED) is 0.870. The fourth-order valence-electron chi connectivity index (χ4n) is 3.51. The molecule has 2 heterocycles. The highest BCUT2D eigenvalue weighted by atomic mass is 16.7. The standard InChI is InChI=1S/C18H25NO4/c1-18(22-9-10-23-18)8-7-15-11-16(13-20)19(17(15)21)12-14-5-3-2-4-6-14/h2-6,15-16,20H,7-13H2,1H3/t15-,16-/m0/s1. The van der Waals surface area contributed by atoms with Gasteiger partial charge in [0.05, 0.1) is 25.9 Å². The van der Waals surface area contributed by atoms with Crippen molar-refractivity contribution in [3.05, 3.63) is 35.9 Å². The summed E-state index contributed by atoms with van der Waals surface area (Å²) < 4.78 is 11.2. The van der Waals surface area contributed by atoms with Crippen molar-refractivity contribution in [1.82, 2.24) is 4.90 Å². The molecule has 5 heteroatoms. The second-order valence-corrected chi connectivity index (χ2v) is 6.59. The summed E-state index contributed by atoms with van der Waals surface area (Å²) in [5, 5.41) is 9.64. The smallest absolute Gasteiger partial charge is 0.226 e. The summed E-state index contributed by atoms with van der Waals surface area (Å²) >= 11 is 0. The van der Waals surface area contributed by atoms with E-state index in [1.165, 1.54) is 0 Å². The molecule has 1 aromatic carbocycles. The molecule has 0 radical (unpaired) electrons. The molecular formula is C18H25NO4. The van der Waals surface area contributed by atoms with Gasteiger partial charge in [-0.2, -0.15) is 0 Å². The molecule has 2 saturated heterocycles. The van der Waals surface area contributed by atoms with E-state index >= 15 is 0 Å². The number of aliphatic hydroxyl groups is 1. The average Bonchev–Trinajstić information content (AvgIpc) is 3.12. The Hall–Kier alpha value is -1.43. The highest BCUT2D eigenvalue weighted by Gasteiger charge is 2.40. The highest BCUT2D eigenvalue weighted by molar-refractivity contribution is 5.81. The lowest BCUT2D eigenvalue weighted by atomic mass is 9.97. The number of hydrogen-bond acceptors (Lipinski definition) is 4. The summed E-state index contributed by atoms with van der Waals surface area (Å²) in [4.78, 5) is 14.5. The number of likely N-dealkylation sites (tertiary alicyclic amines) is 1. The van der Waals surface area contributed by atoms with Gasteiger partial charge in [-0.3, -0.25) is 4.79 Å². The summed E-state index contributed by atoms with van der Waals surface area (Å²) in [5.41, 5.74) is 1.09. The van der Waals surface area contributed by atoms with Crippen LogP contribution >= 0.6 is 0 Å². The van der Waals surface area contributed by atoms with Crippen molar-refractivity contribution in [2.75, 3.05) is 19.8 Å². The summed E-state index contributed by atoms with van der Waals surface area (Å²) in [7, 11) is 0. The molecule has 0 unspecified atom stereocenters. The van der Waals surface area contributed by atoms with Crippen LogP contribution in [0, 0.1) is 5.92 Å². The van der Waals surface area contributed by atoms with Crippen LogP contribution < -0.4 is 0 Å². The monoisotopic (exact) mass is 319 g/mol. The lowest BCUT2D eigenvalue weighted by molar-refractivity contribution is -0.151. The van der Waals surface area contributed by atoms with Crippen LogP contribution in [0.5, 0.6) is 0 Å². The van der Waals surface area contributed by atoms with Gasteiger partial charge in [-0.1, -0.05) is 30.3 Å². The Kier molecular flexibility index (Phi) is 4.99. The van der Waals surface area contributed by atoms with Gasteiger partial charge in [0, 0.05) is 18.9 Å². The van der Waals surface area contributed by atoms with E-state index in [-0.39, 0.29) is 24.5 Å². The number of nitrogens with zero attached hydrogens (tertiary/aromatic N) is 1. The van der Waals surface area contributed by atoms with Crippen LogP contribution in [-0.4, -0.2) is 47.6 Å². The molecule has 23 heavy (non-hydrogen) atoms. The average molecular weight is 319 g/mol. The number of aliphatic hydroxyl groups excluding tert-OH is 1. The van der Waals surface area contributed by atoms with Crippen LogP contribution in [0.4, 0.5) is 0 Å². The zero-order valence-corrected chi connectivity index (χ0v) is 13.6. The van der Waals surface area contributed by atoms with Gasteiger partial charge < -0.3 is 19.5 Å². The van der Waals surface area contributed by atoms with Gasteiger partial charge in [0.2, 0.25) is 5.91 Å². The predicted molar refractivity (Wildman–Crippen MR) is 85.5 cm³/mol. The summed E-state index contributed by atoms with van der Waals surface area (Å²) in [6, 6.07) is 9.83. The topological polar surface area (TPSA) is 59.0 Å². The van der Waals surface area contributed by atoms with E-state index < -0.39 is 5.79 Å². The third-order valence-corrected chi connectivity index (χ3v) is 4.88. The van der Waals surface area contributed by atoms with Crippen LogP contribution in [0.3, 0.4) is 0 Å². The first-order valence-corrected chi connectivity index (χ1v) is 8.34. The van der Waals surface area contributed by atoms with E-state index in [1.807, 2.05) is 42.2 Å². The van der Waals surface area contributed by atoms with Gasteiger partial charge >= 0.3 is 0 Å². The molecule has 2 fully saturated rings. The van der Waals surface area contributed by atoms with Gasteiger partial charge in [-0.15, -0.1) is 0 Å². The number of ether oxygens (including phenoxy) is 2. The van der Waals surface area contributed by atoms with Crippen LogP contribution in [0.1, 0.15) is 31.7 Å². The van der Waals surface area contributed by atoms with Crippen molar-refractivity contribution in [3.8, 4) is 0 Å². The summed E-state index contributed by atoms with van der Waals surface area (Å²) in [5.74, 6) is -0.475. The van der Waals surface area contributed by atoms with Crippen LogP contribution in [-0.2, 0) is 20.8 Å². The molecule has 0 aliphatic carbocycles. The molecule has 1 aromatic rings. The Morgan fingerprint density at radius 3 is 2.61 bits per heavy atom. The van der Waals surface area contributed by atoms with Crippen molar-refractivity contribution < 1.29 is 19.4 Å². The normalized spacial score (nSPS) is 26.9. The van der Waals surface area contributed by atoms with E-state index in [0.29, 0.717) is 32.6 Å². The Morgan fingerprint density at radius 2 is 1.96 bits per heavy atom. The van der Waals surface area contributed by atoms with E-state index in [9.17, 15) is 9.90 Å². The Balaban J connectivity index is 1.61. The van der Waals surface area contributed by atoms with Crippen molar-refractivity contribution in [2.45, 2.75) is 44.6 Å². The molecule has 0 saturated carbocycles. The maximum absolute atomic E-state index is 12.7. The minimum absolute atomic E-state index is 0.0132. The molecule has 2 aliphatic rings. The van der Waals surface area contributed by atoms with Gasteiger partial charge in [0.1, 0.15) is 0 Å². The van der Waals surface area contributed by atoms with Crippen molar-refractivity contribution in [1.29, 1.82) is 0 Å². The fourth-order valence-corrected chi connectivity index (χ4v) is 3.51. The number of carbonyl (C=O) groups is 1. The Labute approximate surface area is 137 Å². The van der Waals surface area contributed by atoms with Crippen LogP contribution in [0.15, 0.2) is 30.3 Å². The summed E-state index contributed by atoms with van der Waals surface area (Å²) in [6.07, 6.45) is 2.15. The molecule has 2 aliphatic heterocycles. The van der Waals surface area contributed by atoms with Gasteiger partial charge in [-0.25, -0.2) is 0 Å². The number of rotatable bonds is 6. The van der Waals surface area contributed by atoms with Gasteiger partial charge in [0.25, 0.3) is 0 Å². The van der Waals surface area contributed by atoms with E-state index in [2.05, 4.69) is 0 Å². The van der Waals surface area contributed by atoms with Crippen molar-refractivity contribution in [2.24, 2.45) is 5.92 Å². The first kappa shape index (κ1) is 16.4. The van der Waals surface area contributed by atoms with E-state index in [0.717, 1.165) is 12.0 Å². The zero-order valence-electron chi connectivity index (χ0n) is 13.6. The molecule has 0 spiro atoms. The Bertz CT molecular complexity index is 527. The second-order valence-electron chi connectivity index (χ2n) is 6.59. The van der Waals surface area contributed by atoms with Crippen LogP contribution in [0.2, 0.25) is 0 Å². The van der Waals surface area contributed by atoms with E-state index in [4.69, 9.17) is 9.47 Å². The van der Waals surface area contributed by atoms with E-state index in [1.54, 1.807) is 0 Å². The number of hydrogen-bond donors (Lipinski definition) is 1. The molecule has 126 valence electrons. The molecule has 0 bridgehead atoms. The highest BCUT2D eigenvalue weighted by Crippen LogP contribution is 2.33. The lowest BCUT2D eigenvalue weighted by Crippen LogP contribution is -2.35. The third kappa shape index (κ3) is 3.74. The zero-order chi connectivity index (χ0) is 16.3. The first-order chi connectivity index (χ1) is 11.1. The van der Waals surface area contributed by atoms with Gasteiger partial charge in [-0.05, 0) is 25.3 Å². The lowest BCUT2D eigenvalue weighted by Gasteiger charge is -2.24. The third-order valence-electron chi connectivity index (χ3n) is 4.88. The number of carbonyl (C=O) groups excluding carboxylic acids is 1. The second kappa shape index (κ2) is 6.99. The number of amides is 1. The predicted octanol–water partition coefficient (Wildman–Crippen LogP) is 1.94. The summed E-state index contributed by atoms with van der Waals surface area (Å²) in [6.45, 7) is 3.75. The SMILES string of the molecule is CC1(CC[C@H]2C[C@@H](CO)N(Cc3ccccc3)C2=O)OCCO1. The molecule has 1 N–H and O–H groups in total. The fraction of sp³-hybridized carbons (Fsp3) is 0.611. The molecule has 2 atom stereocenters. The molecule has 3 rings (SSSR count). The minimum Gasteiger partial charge on any atom is -0.394 e. The maximum atomic E-state index is 12.7. The molecular weight excluding hydrogens is 294 g/mol. The minimum atomic E-state index is -0.554. The van der Waals surface area contributed by atoms with Crippen molar-refractivity contribution >= 4 is 5.91 Å².